The minimum Gasteiger partial charge on any atom is -0.491 e. The number of nitrogens with zero attached hydrogens (tertiary/aromatic N) is 3. The van der Waals surface area contributed by atoms with Crippen LogP contribution in [-0.4, -0.2) is 41.7 Å². The number of hydrogen-bond acceptors (Lipinski definition) is 6. The van der Waals surface area contributed by atoms with E-state index in [0.29, 0.717) is 35.1 Å². The fourth-order valence-corrected chi connectivity index (χ4v) is 3.52. The number of ether oxygens (including phenoxy) is 1. The molecular weight excluding hydrogens is 430 g/mol. The van der Waals surface area contributed by atoms with Gasteiger partial charge in [-0.1, -0.05) is 11.6 Å². The van der Waals surface area contributed by atoms with Crippen molar-refractivity contribution in [2.75, 3.05) is 22.9 Å². The highest BCUT2D eigenvalue weighted by atomic mass is 35.5. The molecule has 3 rings (SSSR count). The Morgan fingerprint density at radius 3 is 2.47 bits per heavy atom. The van der Waals surface area contributed by atoms with E-state index >= 15 is 0 Å². The lowest BCUT2D eigenvalue weighted by molar-refractivity contribution is 0.102. The molecule has 2 aromatic heterocycles. The minimum absolute atomic E-state index is 0.247. The summed E-state index contributed by atoms with van der Waals surface area (Å²) < 4.78 is 32.3. The van der Waals surface area contributed by atoms with Crippen LogP contribution in [0.4, 0.5) is 11.4 Å². The van der Waals surface area contributed by atoms with E-state index < -0.39 is 15.9 Å². The molecule has 0 fully saturated rings. The number of aromatic nitrogens is 3. The van der Waals surface area contributed by atoms with Crippen molar-refractivity contribution in [3.63, 3.8) is 0 Å². The number of carbonyl (C=O) groups is 1. The number of nitrogens with one attached hydrogen (secondary N) is 2. The molecule has 30 heavy (non-hydrogen) atoms. The Hall–Kier alpha value is -3.11. The lowest BCUT2D eigenvalue weighted by atomic mass is 10.2. The first kappa shape index (κ1) is 21.6. The first-order chi connectivity index (χ1) is 14.1. The molecule has 0 radical (unpaired) electrons. The highest BCUT2D eigenvalue weighted by Crippen LogP contribution is 2.25. The zero-order chi connectivity index (χ0) is 21.9. The van der Waals surface area contributed by atoms with Gasteiger partial charge in [-0.15, -0.1) is 0 Å². The summed E-state index contributed by atoms with van der Waals surface area (Å²) in [7, 11) is -1.70. The zero-order valence-electron chi connectivity index (χ0n) is 16.5. The molecule has 9 nitrogen and oxygen atoms in total. The van der Waals surface area contributed by atoms with Gasteiger partial charge >= 0.3 is 0 Å². The largest absolute Gasteiger partial charge is 0.491 e. The number of anilines is 2. The number of hydrogen-bond donors (Lipinski definition) is 2. The van der Waals surface area contributed by atoms with Crippen molar-refractivity contribution in [1.29, 1.82) is 0 Å². The smallest absolute Gasteiger partial charge is 0.257 e. The first-order valence-electron chi connectivity index (χ1n) is 8.86. The third-order valence-electron chi connectivity index (χ3n) is 3.89. The Balaban J connectivity index is 1.81. The number of rotatable bonds is 7. The Kier molecular flexibility index (Phi) is 6.28. The molecular formula is C19H20ClN5O4S. The number of aryl methyl sites for hydroxylation is 1. The Morgan fingerprint density at radius 2 is 1.83 bits per heavy atom. The van der Waals surface area contributed by atoms with Crippen LogP contribution >= 0.6 is 11.6 Å². The average molecular weight is 450 g/mol. The van der Waals surface area contributed by atoms with Gasteiger partial charge in [0.05, 0.1) is 42.2 Å². The third kappa shape index (κ3) is 5.49. The van der Waals surface area contributed by atoms with E-state index in [4.69, 9.17) is 16.3 Å². The predicted octanol–water partition coefficient (Wildman–Crippen LogP) is 3.16. The van der Waals surface area contributed by atoms with Crippen LogP contribution in [0.15, 0.2) is 42.9 Å². The van der Waals surface area contributed by atoms with Crippen LogP contribution in [0.5, 0.6) is 5.75 Å². The first-order valence-corrected chi connectivity index (χ1v) is 11.1. The Bertz CT molecular complexity index is 1180. The van der Waals surface area contributed by atoms with Gasteiger partial charge < -0.3 is 14.6 Å². The van der Waals surface area contributed by atoms with Crippen LogP contribution in [0, 0.1) is 0 Å². The number of amides is 1. The molecule has 0 aliphatic rings. The summed E-state index contributed by atoms with van der Waals surface area (Å²) in [6, 6.07) is 6.10. The van der Waals surface area contributed by atoms with Crippen molar-refractivity contribution in [2.24, 2.45) is 7.05 Å². The summed E-state index contributed by atoms with van der Waals surface area (Å²) in [5.74, 6) is 0.616. The molecule has 1 aromatic carbocycles. The second-order valence-corrected chi connectivity index (χ2v) is 8.64. The van der Waals surface area contributed by atoms with E-state index in [1.165, 1.54) is 18.2 Å². The van der Waals surface area contributed by atoms with Gasteiger partial charge in [-0.25, -0.2) is 18.4 Å². The molecule has 0 aliphatic carbocycles. The highest BCUT2D eigenvalue weighted by Gasteiger charge is 2.15. The van der Waals surface area contributed by atoms with Crippen LogP contribution in [0.2, 0.25) is 5.02 Å². The van der Waals surface area contributed by atoms with Crippen molar-refractivity contribution in [2.45, 2.75) is 6.92 Å². The van der Waals surface area contributed by atoms with Crippen molar-refractivity contribution in [1.82, 2.24) is 14.5 Å². The molecule has 0 saturated heterocycles. The van der Waals surface area contributed by atoms with Gasteiger partial charge in [0.15, 0.2) is 11.6 Å². The fourth-order valence-electron chi connectivity index (χ4n) is 2.74. The second kappa shape index (κ2) is 8.72. The molecule has 11 heteroatoms. The number of halogens is 1. The zero-order valence-corrected chi connectivity index (χ0v) is 18.1. The molecule has 0 bridgehead atoms. The molecule has 0 aliphatic heterocycles. The molecule has 0 spiro atoms. The van der Waals surface area contributed by atoms with Gasteiger partial charge in [-0.2, -0.15) is 0 Å². The van der Waals surface area contributed by atoms with Crippen LogP contribution in [-0.2, 0) is 17.1 Å². The van der Waals surface area contributed by atoms with E-state index in [-0.39, 0.29) is 10.7 Å². The van der Waals surface area contributed by atoms with Crippen molar-refractivity contribution in [3.05, 3.63) is 53.4 Å². The van der Waals surface area contributed by atoms with Crippen LogP contribution in [0.3, 0.4) is 0 Å². The quantitative estimate of drug-likeness (QED) is 0.572. The number of carbonyl (C=O) groups excluding carboxylic acids is 1. The minimum atomic E-state index is -3.48. The van der Waals surface area contributed by atoms with Crippen molar-refractivity contribution in [3.8, 4) is 17.3 Å². The SMILES string of the molecule is CCOc1cnc(-c2cc(C(=O)Nc3cc(Cl)cc(NS(C)(=O)=O)c3)cn2C)nc1. The Morgan fingerprint density at radius 1 is 1.17 bits per heavy atom. The van der Waals surface area contributed by atoms with Gasteiger partial charge in [0.1, 0.15) is 0 Å². The molecule has 0 saturated carbocycles. The van der Waals surface area contributed by atoms with E-state index in [9.17, 15) is 13.2 Å². The van der Waals surface area contributed by atoms with Gasteiger partial charge in [-0.05, 0) is 31.2 Å². The summed E-state index contributed by atoms with van der Waals surface area (Å²) >= 11 is 6.04. The molecule has 0 atom stereocenters. The number of benzene rings is 1. The van der Waals surface area contributed by atoms with Gasteiger partial charge in [0, 0.05) is 24.0 Å². The third-order valence-corrected chi connectivity index (χ3v) is 4.72. The molecule has 0 unspecified atom stereocenters. The highest BCUT2D eigenvalue weighted by molar-refractivity contribution is 7.92. The molecule has 2 heterocycles. The van der Waals surface area contributed by atoms with Crippen LogP contribution in [0.1, 0.15) is 17.3 Å². The summed E-state index contributed by atoms with van der Waals surface area (Å²) in [5.41, 5.74) is 1.62. The van der Waals surface area contributed by atoms with Gasteiger partial charge in [0.2, 0.25) is 10.0 Å². The number of sulfonamides is 1. The molecule has 3 aromatic rings. The lowest BCUT2D eigenvalue weighted by Gasteiger charge is -2.09. The van der Waals surface area contributed by atoms with E-state index in [1.807, 2.05) is 6.92 Å². The van der Waals surface area contributed by atoms with Crippen LogP contribution < -0.4 is 14.8 Å². The van der Waals surface area contributed by atoms with Gasteiger partial charge in [-0.3, -0.25) is 9.52 Å². The van der Waals surface area contributed by atoms with Crippen molar-refractivity contribution < 1.29 is 17.9 Å². The van der Waals surface area contributed by atoms with Crippen molar-refractivity contribution >= 4 is 38.9 Å². The van der Waals surface area contributed by atoms with E-state index in [1.54, 1.807) is 36.3 Å². The van der Waals surface area contributed by atoms with E-state index in [0.717, 1.165) is 6.26 Å². The molecule has 2 N–H and O–H groups in total. The fraction of sp³-hybridized carbons (Fsp3) is 0.211. The molecule has 1 amide bonds. The van der Waals surface area contributed by atoms with Gasteiger partial charge in [0.25, 0.3) is 5.91 Å². The monoisotopic (exact) mass is 449 g/mol. The molecule has 158 valence electrons. The van der Waals surface area contributed by atoms with Crippen LogP contribution in [0.25, 0.3) is 11.5 Å². The average Bonchev–Trinajstić information content (AvgIpc) is 3.02. The normalized spacial score (nSPS) is 11.2. The summed E-state index contributed by atoms with van der Waals surface area (Å²) in [5, 5.41) is 2.98. The topological polar surface area (TPSA) is 115 Å². The maximum atomic E-state index is 12.7. The summed E-state index contributed by atoms with van der Waals surface area (Å²) in [4.78, 5) is 21.2. The Labute approximate surface area is 179 Å². The van der Waals surface area contributed by atoms with E-state index in [2.05, 4.69) is 20.0 Å². The summed E-state index contributed by atoms with van der Waals surface area (Å²) in [6.45, 7) is 2.39. The predicted molar refractivity (Wildman–Crippen MR) is 115 cm³/mol. The standard InChI is InChI=1S/C19H20ClN5O4S/c1-4-29-16-9-21-18(22-10-16)17-5-12(11-25(17)2)19(26)23-14-6-13(20)7-15(8-14)24-30(3,27)28/h5-11,24H,4H2,1-3H3,(H,23,26). The second-order valence-electron chi connectivity index (χ2n) is 6.46. The maximum absolute atomic E-state index is 12.7. The lowest BCUT2D eigenvalue weighted by Crippen LogP contribution is -2.13. The maximum Gasteiger partial charge on any atom is 0.257 e. The summed E-state index contributed by atoms with van der Waals surface area (Å²) in [6.07, 6.45) is 5.81.